The Hall–Kier alpha value is -1.91. The maximum absolute atomic E-state index is 12.6. The molecule has 84 valence electrons. The van der Waals surface area contributed by atoms with Crippen LogP contribution in [0.4, 0.5) is 10.1 Å². The van der Waals surface area contributed by atoms with Gasteiger partial charge in [-0.3, -0.25) is 9.59 Å². The zero-order valence-corrected chi connectivity index (χ0v) is 8.31. The highest BCUT2D eigenvalue weighted by molar-refractivity contribution is 5.98. The molecule has 2 N–H and O–H groups in total. The van der Waals surface area contributed by atoms with Crippen LogP contribution in [0, 0.1) is 17.7 Å². The predicted molar refractivity (Wildman–Crippen MR) is 54.3 cm³/mol. The molecule has 2 atom stereocenters. The van der Waals surface area contributed by atoms with Gasteiger partial charge in [-0.2, -0.15) is 0 Å². The highest BCUT2D eigenvalue weighted by Crippen LogP contribution is 2.39. The average Bonchev–Trinajstić information content (AvgIpc) is 3.01. The number of benzene rings is 1. The van der Waals surface area contributed by atoms with Crippen molar-refractivity contribution in [3.63, 3.8) is 0 Å². The Labute approximate surface area is 91.1 Å². The van der Waals surface area contributed by atoms with Crippen molar-refractivity contribution in [2.24, 2.45) is 11.8 Å². The van der Waals surface area contributed by atoms with Crippen molar-refractivity contribution in [2.75, 3.05) is 5.32 Å². The molecule has 0 saturated heterocycles. The first-order chi connectivity index (χ1) is 7.58. The second kappa shape index (κ2) is 3.92. The molecule has 0 bridgehead atoms. The third-order valence-corrected chi connectivity index (χ3v) is 2.56. The van der Waals surface area contributed by atoms with Gasteiger partial charge in [0.15, 0.2) is 0 Å². The first-order valence-electron chi connectivity index (χ1n) is 4.87. The molecule has 1 aliphatic carbocycles. The first-order valence-corrected chi connectivity index (χ1v) is 4.87. The van der Waals surface area contributed by atoms with E-state index in [1.165, 1.54) is 24.3 Å². The van der Waals surface area contributed by atoms with Crippen LogP contribution >= 0.6 is 0 Å². The van der Waals surface area contributed by atoms with Gasteiger partial charge >= 0.3 is 5.97 Å². The van der Waals surface area contributed by atoms with Crippen LogP contribution < -0.4 is 5.32 Å². The van der Waals surface area contributed by atoms with Gasteiger partial charge in [0.2, 0.25) is 5.91 Å². The number of carbonyl (C=O) groups is 2. The molecule has 0 spiro atoms. The summed E-state index contributed by atoms with van der Waals surface area (Å²) >= 11 is 0. The molecular weight excluding hydrogens is 213 g/mol. The van der Waals surface area contributed by atoms with Gasteiger partial charge in [0, 0.05) is 5.69 Å². The number of halogens is 1. The van der Waals surface area contributed by atoms with Crippen LogP contribution in [0.3, 0.4) is 0 Å². The van der Waals surface area contributed by atoms with Crippen LogP contribution in [-0.4, -0.2) is 17.0 Å². The number of nitrogens with one attached hydrogen (secondary N) is 1. The minimum Gasteiger partial charge on any atom is -0.481 e. The minimum absolute atomic E-state index is 0.320. The molecule has 1 aliphatic rings. The smallest absolute Gasteiger partial charge is 0.307 e. The van der Waals surface area contributed by atoms with Crippen molar-refractivity contribution < 1.29 is 19.1 Å². The van der Waals surface area contributed by atoms with Crippen molar-refractivity contribution in [1.29, 1.82) is 0 Å². The summed E-state index contributed by atoms with van der Waals surface area (Å²) < 4.78 is 12.6. The lowest BCUT2D eigenvalue weighted by molar-refractivity contribution is -0.139. The van der Waals surface area contributed by atoms with Gasteiger partial charge in [-0.25, -0.2) is 4.39 Å². The van der Waals surface area contributed by atoms with Crippen LogP contribution in [0.1, 0.15) is 6.42 Å². The standard InChI is InChI=1S/C11H10FNO3/c12-6-1-3-7(4-2-6)13-10(14)8-5-9(8)11(15)16/h1-4,8-9H,5H2,(H,13,14)(H,15,16). The molecule has 2 unspecified atom stereocenters. The quantitative estimate of drug-likeness (QED) is 0.815. The lowest BCUT2D eigenvalue weighted by atomic mass is 10.2. The highest BCUT2D eigenvalue weighted by atomic mass is 19.1. The van der Waals surface area contributed by atoms with E-state index in [1.807, 2.05) is 0 Å². The maximum Gasteiger partial charge on any atom is 0.307 e. The Morgan fingerprint density at radius 3 is 2.38 bits per heavy atom. The molecule has 1 fully saturated rings. The van der Waals surface area contributed by atoms with E-state index >= 15 is 0 Å². The van der Waals surface area contributed by atoms with Gasteiger partial charge in [-0.15, -0.1) is 0 Å². The molecule has 2 rings (SSSR count). The van der Waals surface area contributed by atoms with E-state index in [9.17, 15) is 14.0 Å². The highest BCUT2D eigenvalue weighted by Gasteiger charge is 2.48. The first kappa shape index (κ1) is 10.6. The molecule has 0 radical (unpaired) electrons. The Balaban J connectivity index is 1.94. The van der Waals surface area contributed by atoms with E-state index in [0.717, 1.165) is 0 Å². The van der Waals surface area contributed by atoms with Crippen LogP contribution in [0.15, 0.2) is 24.3 Å². The molecule has 1 saturated carbocycles. The largest absolute Gasteiger partial charge is 0.481 e. The van der Waals surface area contributed by atoms with Crippen LogP contribution in [0.25, 0.3) is 0 Å². The molecular formula is C11H10FNO3. The lowest BCUT2D eigenvalue weighted by Crippen LogP contribution is -2.16. The van der Waals surface area contributed by atoms with Gasteiger partial charge in [-0.05, 0) is 30.7 Å². The van der Waals surface area contributed by atoms with E-state index in [2.05, 4.69) is 5.32 Å². The lowest BCUT2D eigenvalue weighted by Gasteiger charge is -2.03. The monoisotopic (exact) mass is 223 g/mol. The number of carbonyl (C=O) groups excluding carboxylic acids is 1. The van der Waals surface area contributed by atoms with Gasteiger partial charge in [-0.1, -0.05) is 0 Å². The summed E-state index contributed by atoms with van der Waals surface area (Å²) in [5.41, 5.74) is 0.474. The zero-order valence-electron chi connectivity index (χ0n) is 8.31. The summed E-state index contributed by atoms with van der Waals surface area (Å²) in [6, 6.07) is 5.34. The van der Waals surface area contributed by atoms with Crippen molar-refractivity contribution in [1.82, 2.24) is 0 Å². The third kappa shape index (κ3) is 2.18. The average molecular weight is 223 g/mol. The second-order valence-corrected chi connectivity index (χ2v) is 3.78. The van der Waals surface area contributed by atoms with Crippen LogP contribution in [-0.2, 0) is 9.59 Å². The van der Waals surface area contributed by atoms with Gasteiger partial charge in [0.25, 0.3) is 0 Å². The maximum atomic E-state index is 12.6. The molecule has 5 heteroatoms. The number of carboxylic acid groups (broad SMARTS) is 1. The Morgan fingerprint density at radius 2 is 1.88 bits per heavy atom. The normalized spacial score (nSPS) is 22.6. The topological polar surface area (TPSA) is 66.4 Å². The SMILES string of the molecule is O=C(O)C1CC1C(=O)Nc1ccc(F)cc1. The number of anilines is 1. The number of hydrogen-bond donors (Lipinski definition) is 2. The molecule has 1 aromatic rings. The number of amides is 1. The van der Waals surface area contributed by atoms with E-state index in [0.29, 0.717) is 12.1 Å². The summed E-state index contributed by atoms with van der Waals surface area (Å²) in [6.45, 7) is 0. The molecule has 4 nitrogen and oxygen atoms in total. The summed E-state index contributed by atoms with van der Waals surface area (Å²) in [5.74, 6) is -2.67. The predicted octanol–water partition coefficient (Wildman–Crippen LogP) is 1.48. The Kier molecular flexibility index (Phi) is 2.60. The molecule has 0 aliphatic heterocycles. The molecule has 0 heterocycles. The summed E-state index contributed by atoms with van der Waals surface area (Å²) in [4.78, 5) is 22.1. The molecule has 1 amide bonds. The van der Waals surface area contributed by atoms with Crippen molar-refractivity contribution in [3.8, 4) is 0 Å². The van der Waals surface area contributed by atoms with Crippen molar-refractivity contribution >= 4 is 17.6 Å². The van der Waals surface area contributed by atoms with Gasteiger partial charge < -0.3 is 10.4 Å². The number of hydrogen-bond acceptors (Lipinski definition) is 2. The molecule has 16 heavy (non-hydrogen) atoms. The summed E-state index contributed by atoms with van der Waals surface area (Å²) in [7, 11) is 0. The number of aliphatic carboxylic acids is 1. The number of rotatable bonds is 3. The molecule has 1 aromatic carbocycles. The Morgan fingerprint density at radius 1 is 1.25 bits per heavy atom. The van der Waals surface area contributed by atoms with E-state index < -0.39 is 17.8 Å². The van der Waals surface area contributed by atoms with Crippen molar-refractivity contribution in [3.05, 3.63) is 30.1 Å². The zero-order chi connectivity index (χ0) is 11.7. The second-order valence-electron chi connectivity index (χ2n) is 3.78. The fourth-order valence-corrected chi connectivity index (χ4v) is 1.53. The summed E-state index contributed by atoms with van der Waals surface area (Å²) in [6.07, 6.45) is 0.377. The fourth-order valence-electron chi connectivity index (χ4n) is 1.53. The van der Waals surface area contributed by atoms with Gasteiger partial charge in [0.05, 0.1) is 11.8 Å². The van der Waals surface area contributed by atoms with Gasteiger partial charge in [0.1, 0.15) is 5.82 Å². The van der Waals surface area contributed by atoms with E-state index in [4.69, 9.17) is 5.11 Å². The summed E-state index contributed by atoms with van der Waals surface area (Å²) in [5, 5.41) is 11.2. The van der Waals surface area contributed by atoms with Crippen molar-refractivity contribution in [2.45, 2.75) is 6.42 Å². The van der Waals surface area contributed by atoms with Crippen LogP contribution in [0.2, 0.25) is 0 Å². The minimum atomic E-state index is -0.945. The Bertz CT molecular complexity index is 429. The fraction of sp³-hybridized carbons (Fsp3) is 0.273. The molecule has 0 aromatic heterocycles. The third-order valence-electron chi connectivity index (χ3n) is 2.56. The number of carboxylic acids is 1. The van der Waals surface area contributed by atoms with E-state index in [-0.39, 0.29) is 11.7 Å². The van der Waals surface area contributed by atoms with E-state index in [1.54, 1.807) is 0 Å². The van der Waals surface area contributed by atoms with Crippen LogP contribution in [0.5, 0.6) is 0 Å².